The van der Waals surface area contributed by atoms with Gasteiger partial charge in [-0.3, -0.25) is 14.5 Å². The molecule has 108 valence electrons. The second kappa shape index (κ2) is 7.04. The zero-order chi connectivity index (χ0) is 13.7. The molecule has 2 heterocycles. The van der Waals surface area contributed by atoms with Crippen molar-refractivity contribution in [3.63, 3.8) is 0 Å². The van der Waals surface area contributed by atoms with Gasteiger partial charge in [0.25, 0.3) is 0 Å². The number of carbonyl (C=O) groups is 2. The molecule has 0 N–H and O–H groups in total. The molecule has 1 unspecified atom stereocenters. The Morgan fingerprint density at radius 1 is 1.21 bits per heavy atom. The summed E-state index contributed by atoms with van der Waals surface area (Å²) in [4.78, 5) is 27.7. The first-order valence-corrected chi connectivity index (χ1v) is 7.74. The molecule has 0 aromatic rings. The first-order valence-electron chi connectivity index (χ1n) is 7.74. The van der Waals surface area contributed by atoms with Crippen LogP contribution in [0.5, 0.6) is 0 Å². The molecule has 0 bridgehead atoms. The van der Waals surface area contributed by atoms with E-state index in [0.717, 1.165) is 6.54 Å². The molecular formula is C15H26N2O2. The van der Waals surface area contributed by atoms with Crippen LogP contribution in [0.1, 0.15) is 51.9 Å². The Hall–Kier alpha value is -0.900. The van der Waals surface area contributed by atoms with Crippen molar-refractivity contribution < 1.29 is 9.59 Å². The number of amides is 1. The largest absolute Gasteiger partial charge is 0.341 e. The van der Waals surface area contributed by atoms with E-state index >= 15 is 0 Å². The first-order chi connectivity index (χ1) is 9.20. The molecular weight excluding hydrogens is 240 g/mol. The Labute approximate surface area is 116 Å². The van der Waals surface area contributed by atoms with Crippen molar-refractivity contribution >= 4 is 11.7 Å². The molecule has 0 aliphatic carbocycles. The quantitative estimate of drug-likeness (QED) is 0.779. The lowest BCUT2D eigenvalue weighted by Crippen LogP contribution is -2.48. The van der Waals surface area contributed by atoms with Crippen LogP contribution in [-0.2, 0) is 9.59 Å². The summed E-state index contributed by atoms with van der Waals surface area (Å²) in [5.74, 6) is 0.515. The fourth-order valence-electron chi connectivity index (χ4n) is 3.21. The number of rotatable bonds is 4. The van der Waals surface area contributed by atoms with E-state index in [1.54, 1.807) is 0 Å². The molecule has 0 radical (unpaired) electrons. The van der Waals surface area contributed by atoms with Gasteiger partial charge in [0.15, 0.2) is 0 Å². The molecule has 0 spiro atoms. The van der Waals surface area contributed by atoms with Crippen LogP contribution in [0.25, 0.3) is 0 Å². The van der Waals surface area contributed by atoms with Gasteiger partial charge in [-0.25, -0.2) is 0 Å². The lowest BCUT2D eigenvalue weighted by Gasteiger charge is -2.37. The lowest BCUT2D eigenvalue weighted by molar-refractivity contribution is -0.136. The molecule has 2 rings (SSSR count). The van der Waals surface area contributed by atoms with E-state index in [1.807, 2.05) is 4.90 Å². The number of nitrogens with zero attached hydrogens (tertiary/aromatic N) is 2. The van der Waals surface area contributed by atoms with Crippen molar-refractivity contribution in [3.05, 3.63) is 0 Å². The number of hydrogen-bond acceptors (Lipinski definition) is 3. The molecule has 19 heavy (non-hydrogen) atoms. The Morgan fingerprint density at radius 3 is 2.63 bits per heavy atom. The lowest BCUT2D eigenvalue weighted by atomic mass is 9.98. The van der Waals surface area contributed by atoms with Gasteiger partial charge < -0.3 is 4.90 Å². The smallest absolute Gasteiger partial charge is 0.236 e. The van der Waals surface area contributed by atoms with Crippen LogP contribution in [0.3, 0.4) is 0 Å². The summed E-state index contributed by atoms with van der Waals surface area (Å²) < 4.78 is 0. The average molecular weight is 266 g/mol. The van der Waals surface area contributed by atoms with Gasteiger partial charge in [0, 0.05) is 32.0 Å². The zero-order valence-electron chi connectivity index (χ0n) is 12.1. The van der Waals surface area contributed by atoms with E-state index in [2.05, 4.69) is 11.8 Å². The highest BCUT2D eigenvalue weighted by Gasteiger charge is 2.27. The predicted molar refractivity (Wildman–Crippen MR) is 74.9 cm³/mol. The summed E-state index contributed by atoms with van der Waals surface area (Å²) in [6, 6.07) is 0.592. The summed E-state index contributed by atoms with van der Waals surface area (Å²) in [6.07, 6.45) is 7.23. The number of likely N-dealkylation sites (tertiary alicyclic amines) is 2. The summed E-state index contributed by atoms with van der Waals surface area (Å²) >= 11 is 0. The average Bonchev–Trinajstić information content (AvgIpc) is 2.42. The van der Waals surface area contributed by atoms with Gasteiger partial charge >= 0.3 is 0 Å². The minimum absolute atomic E-state index is 0.218. The SMILES string of the molecule is CCCC1CCCCN1CC(=O)N1CCC(=O)CC1. The Bertz CT molecular complexity index is 318. The molecule has 2 aliphatic heterocycles. The number of ketones is 1. The molecule has 2 fully saturated rings. The molecule has 4 heteroatoms. The van der Waals surface area contributed by atoms with Gasteiger partial charge in [-0.05, 0) is 25.8 Å². The maximum atomic E-state index is 12.3. The van der Waals surface area contributed by atoms with Crippen LogP contribution in [0.2, 0.25) is 0 Å². The molecule has 2 saturated heterocycles. The Morgan fingerprint density at radius 2 is 1.95 bits per heavy atom. The van der Waals surface area contributed by atoms with Gasteiger partial charge in [-0.1, -0.05) is 19.8 Å². The van der Waals surface area contributed by atoms with E-state index in [0.29, 0.717) is 44.3 Å². The molecule has 0 aromatic carbocycles. The van der Waals surface area contributed by atoms with E-state index in [-0.39, 0.29) is 5.91 Å². The summed E-state index contributed by atoms with van der Waals surface area (Å²) in [6.45, 7) is 5.08. The van der Waals surface area contributed by atoms with E-state index in [9.17, 15) is 9.59 Å². The molecule has 1 amide bonds. The third-order valence-corrected chi connectivity index (χ3v) is 4.38. The maximum Gasteiger partial charge on any atom is 0.236 e. The highest BCUT2D eigenvalue weighted by Crippen LogP contribution is 2.21. The van der Waals surface area contributed by atoms with Crippen molar-refractivity contribution in [2.75, 3.05) is 26.2 Å². The second-order valence-electron chi connectivity index (χ2n) is 5.83. The van der Waals surface area contributed by atoms with Crippen LogP contribution in [0.4, 0.5) is 0 Å². The van der Waals surface area contributed by atoms with Crippen LogP contribution < -0.4 is 0 Å². The minimum Gasteiger partial charge on any atom is -0.341 e. The maximum absolute atomic E-state index is 12.3. The third kappa shape index (κ3) is 4.03. The second-order valence-corrected chi connectivity index (χ2v) is 5.83. The number of piperidine rings is 2. The van der Waals surface area contributed by atoms with Gasteiger partial charge in [-0.15, -0.1) is 0 Å². The van der Waals surface area contributed by atoms with Gasteiger partial charge in [-0.2, -0.15) is 0 Å². The first kappa shape index (κ1) is 14.5. The normalized spacial score (nSPS) is 25.6. The number of carbonyl (C=O) groups excluding carboxylic acids is 2. The van der Waals surface area contributed by atoms with E-state index in [1.165, 1.54) is 32.1 Å². The van der Waals surface area contributed by atoms with Crippen LogP contribution >= 0.6 is 0 Å². The predicted octanol–water partition coefficient (Wildman–Crippen LogP) is 1.83. The van der Waals surface area contributed by atoms with Crippen molar-refractivity contribution in [2.24, 2.45) is 0 Å². The van der Waals surface area contributed by atoms with E-state index in [4.69, 9.17) is 0 Å². The molecule has 2 aliphatic rings. The van der Waals surface area contributed by atoms with Gasteiger partial charge in [0.2, 0.25) is 5.91 Å². The van der Waals surface area contributed by atoms with Gasteiger partial charge in [0.1, 0.15) is 5.78 Å². The topological polar surface area (TPSA) is 40.6 Å². The van der Waals surface area contributed by atoms with Crippen LogP contribution in [-0.4, -0.2) is 53.7 Å². The van der Waals surface area contributed by atoms with Crippen molar-refractivity contribution in [1.82, 2.24) is 9.80 Å². The zero-order valence-corrected chi connectivity index (χ0v) is 12.1. The van der Waals surface area contributed by atoms with E-state index < -0.39 is 0 Å². The standard InChI is InChI=1S/C15H26N2O2/c1-2-5-13-6-3-4-9-17(13)12-15(19)16-10-7-14(18)8-11-16/h13H,2-12H2,1H3. The van der Waals surface area contributed by atoms with Crippen molar-refractivity contribution in [1.29, 1.82) is 0 Å². The summed E-state index contributed by atoms with van der Waals surface area (Å²) in [7, 11) is 0. The summed E-state index contributed by atoms with van der Waals surface area (Å²) in [5.41, 5.74) is 0. The fraction of sp³-hybridized carbons (Fsp3) is 0.867. The number of Topliss-reactive ketones (excluding diaryl/α,β-unsaturated/α-hetero) is 1. The highest BCUT2D eigenvalue weighted by molar-refractivity contribution is 5.84. The van der Waals surface area contributed by atoms with Crippen LogP contribution in [0, 0.1) is 0 Å². The van der Waals surface area contributed by atoms with Gasteiger partial charge in [0.05, 0.1) is 6.54 Å². The molecule has 4 nitrogen and oxygen atoms in total. The molecule has 0 saturated carbocycles. The third-order valence-electron chi connectivity index (χ3n) is 4.38. The number of hydrogen-bond donors (Lipinski definition) is 0. The van der Waals surface area contributed by atoms with Crippen molar-refractivity contribution in [3.8, 4) is 0 Å². The Balaban J connectivity index is 1.84. The molecule has 0 aromatic heterocycles. The Kier molecular flexibility index (Phi) is 5.37. The van der Waals surface area contributed by atoms with Crippen molar-refractivity contribution in [2.45, 2.75) is 57.9 Å². The van der Waals surface area contributed by atoms with Crippen LogP contribution in [0.15, 0.2) is 0 Å². The minimum atomic E-state index is 0.218. The summed E-state index contributed by atoms with van der Waals surface area (Å²) in [5, 5.41) is 0. The monoisotopic (exact) mass is 266 g/mol. The highest BCUT2D eigenvalue weighted by atomic mass is 16.2. The fourth-order valence-corrected chi connectivity index (χ4v) is 3.21. The molecule has 1 atom stereocenters.